The van der Waals surface area contributed by atoms with Crippen LogP contribution in [0.2, 0.25) is 5.02 Å². The quantitative estimate of drug-likeness (QED) is 0.855. The molecule has 0 aliphatic rings. The Morgan fingerprint density at radius 3 is 2.74 bits per heavy atom. The highest BCUT2D eigenvalue weighted by Crippen LogP contribution is 2.24. The third-order valence-electron chi connectivity index (χ3n) is 2.64. The van der Waals surface area contributed by atoms with Gasteiger partial charge in [0.15, 0.2) is 11.6 Å². The van der Waals surface area contributed by atoms with E-state index in [9.17, 15) is 4.39 Å². The predicted molar refractivity (Wildman–Crippen MR) is 79.4 cm³/mol. The van der Waals surface area contributed by atoms with Crippen molar-refractivity contribution in [2.75, 3.05) is 12.4 Å². The van der Waals surface area contributed by atoms with Gasteiger partial charge in [-0.05, 0) is 35.9 Å². The van der Waals surface area contributed by atoms with Gasteiger partial charge in [-0.15, -0.1) is 0 Å². The number of halogens is 3. The summed E-state index contributed by atoms with van der Waals surface area (Å²) in [5.74, 6) is -0.168. The van der Waals surface area contributed by atoms with E-state index in [4.69, 9.17) is 16.3 Å². The number of nitrogens with one attached hydrogen (secondary N) is 1. The van der Waals surface area contributed by atoms with E-state index >= 15 is 0 Å². The van der Waals surface area contributed by atoms with Gasteiger partial charge < -0.3 is 10.1 Å². The monoisotopic (exact) mass is 343 g/mol. The summed E-state index contributed by atoms with van der Waals surface area (Å²) in [4.78, 5) is 0. The van der Waals surface area contributed by atoms with Crippen molar-refractivity contribution >= 4 is 33.2 Å². The Labute approximate surface area is 124 Å². The van der Waals surface area contributed by atoms with Crippen molar-refractivity contribution < 1.29 is 9.13 Å². The SMILES string of the molecule is COc1ccc(NCc2cc(Br)ccc2Cl)cc1F. The summed E-state index contributed by atoms with van der Waals surface area (Å²) in [6.07, 6.45) is 0. The van der Waals surface area contributed by atoms with E-state index in [0.29, 0.717) is 17.3 Å². The van der Waals surface area contributed by atoms with Gasteiger partial charge in [0.2, 0.25) is 0 Å². The lowest BCUT2D eigenvalue weighted by molar-refractivity contribution is 0.386. The maximum Gasteiger partial charge on any atom is 0.167 e. The molecule has 0 atom stereocenters. The Kier molecular flexibility index (Phi) is 4.66. The van der Waals surface area contributed by atoms with Gasteiger partial charge >= 0.3 is 0 Å². The van der Waals surface area contributed by atoms with Crippen LogP contribution in [-0.4, -0.2) is 7.11 Å². The molecule has 0 heterocycles. The van der Waals surface area contributed by atoms with Crippen molar-refractivity contribution in [2.45, 2.75) is 6.54 Å². The molecule has 2 aromatic carbocycles. The van der Waals surface area contributed by atoms with E-state index in [2.05, 4.69) is 21.2 Å². The van der Waals surface area contributed by atoms with Gasteiger partial charge in [0.25, 0.3) is 0 Å². The first-order valence-corrected chi connectivity index (χ1v) is 6.78. The summed E-state index contributed by atoms with van der Waals surface area (Å²) in [5, 5.41) is 3.79. The normalized spacial score (nSPS) is 10.3. The molecule has 2 aromatic rings. The second kappa shape index (κ2) is 6.26. The molecule has 2 nitrogen and oxygen atoms in total. The summed E-state index contributed by atoms with van der Waals surface area (Å²) in [5.41, 5.74) is 1.61. The Bertz CT molecular complexity index is 592. The molecule has 0 fully saturated rings. The Morgan fingerprint density at radius 2 is 2.05 bits per heavy atom. The number of ether oxygens (including phenoxy) is 1. The van der Waals surface area contributed by atoms with E-state index in [1.807, 2.05) is 18.2 Å². The molecule has 0 unspecified atom stereocenters. The Morgan fingerprint density at radius 1 is 1.26 bits per heavy atom. The number of rotatable bonds is 4. The van der Waals surface area contributed by atoms with E-state index in [-0.39, 0.29) is 5.75 Å². The van der Waals surface area contributed by atoms with E-state index in [0.717, 1.165) is 10.0 Å². The first-order valence-electron chi connectivity index (χ1n) is 5.61. The van der Waals surface area contributed by atoms with Crippen LogP contribution < -0.4 is 10.1 Å². The van der Waals surface area contributed by atoms with Gasteiger partial charge in [0, 0.05) is 27.8 Å². The standard InChI is InChI=1S/C14H12BrClFNO/c1-19-14-5-3-11(7-13(14)17)18-8-9-6-10(15)2-4-12(9)16/h2-7,18H,8H2,1H3. The van der Waals surface area contributed by atoms with Gasteiger partial charge in [0.05, 0.1) is 7.11 Å². The van der Waals surface area contributed by atoms with Crippen molar-refractivity contribution in [3.05, 3.63) is 57.3 Å². The minimum atomic E-state index is -0.396. The zero-order chi connectivity index (χ0) is 13.8. The Balaban J connectivity index is 2.10. The molecule has 0 saturated heterocycles. The summed E-state index contributed by atoms with van der Waals surface area (Å²) >= 11 is 9.48. The summed E-state index contributed by atoms with van der Waals surface area (Å²) < 4.78 is 19.3. The number of methoxy groups -OCH3 is 1. The van der Waals surface area contributed by atoms with Gasteiger partial charge in [0.1, 0.15) is 0 Å². The minimum absolute atomic E-state index is 0.228. The fourth-order valence-electron chi connectivity index (χ4n) is 1.65. The van der Waals surface area contributed by atoms with Gasteiger partial charge in [-0.1, -0.05) is 27.5 Å². The van der Waals surface area contributed by atoms with Crippen LogP contribution in [0.4, 0.5) is 10.1 Å². The lowest BCUT2D eigenvalue weighted by Gasteiger charge is -2.10. The molecule has 2 rings (SSSR count). The predicted octanol–water partition coefficient (Wildman–Crippen LogP) is 4.86. The van der Waals surface area contributed by atoms with E-state index < -0.39 is 5.82 Å². The summed E-state index contributed by atoms with van der Waals surface area (Å²) in [6.45, 7) is 0.518. The molecule has 5 heteroatoms. The van der Waals surface area contributed by atoms with Crippen molar-refractivity contribution in [3.63, 3.8) is 0 Å². The molecule has 0 saturated carbocycles. The lowest BCUT2D eigenvalue weighted by Crippen LogP contribution is -2.01. The number of hydrogen-bond acceptors (Lipinski definition) is 2. The van der Waals surface area contributed by atoms with Crippen molar-refractivity contribution in [2.24, 2.45) is 0 Å². The van der Waals surface area contributed by atoms with Crippen LogP contribution in [0.25, 0.3) is 0 Å². The zero-order valence-corrected chi connectivity index (χ0v) is 12.6. The second-order valence-electron chi connectivity index (χ2n) is 3.94. The second-order valence-corrected chi connectivity index (χ2v) is 5.26. The first kappa shape index (κ1) is 14.2. The third-order valence-corrected chi connectivity index (χ3v) is 3.50. The van der Waals surface area contributed by atoms with Crippen LogP contribution in [0.1, 0.15) is 5.56 Å². The number of benzene rings is 2. The van der Waals surface area contributed by atoms with E-state index in [1.165, 1.54) is 13.2 Å². The minimum Gasteiger partial charge on any atom is -0.494 e. The zero-order valence-electron chi connectivity index (χ0n) is 10.2. The molecule has 0 aliphatic heterocycles. The van der Waals surface area contributed by atoms with Gasteiger partial charge in [-0.2, -0.15) is 0 Å². The molecule has 0 amide bonds. The molecular weight excluding hydrogens is 333 g/mol. The molecule has 0 aliphatic carbocycles. The molecule has 0 radical (unpaired) electrons. The average Bonchev–Trinajstić information content (AvgIpc) is 2.40. The molecule has 19 heavy (non-hydrogen) atoms. The van der Waals surface area contributed by atoms with Gasteiger partial charge in [-0.25, -0.2) is 4.39 Å². The fourth-order valence-corrected chi connectivity index (χ4v) is 2.25. The van der Waals surface area contributed by atoms with Crippen molar-refractivity contribution in [3.8, 4) is 5.75 Å². The molecule has 0 aromatic heterocycles. The fraction of sp³-hybridized carbons (Fsp3) is 0.143. The first-order chi connectivity index (χ1) is 9.10. The number of anilines is 1. The van der Waals surface area contributed by atoms with Crippen LogP contribution in [0.5, 0.6) is 5.75 Å². The van der Waals surface area contributed by atoms with Crippen LogP contribution in [0.3, 0.4) is 0 Å². The maximum atomic E-state index is 13.5. The maximum absolute atomic E-state index is 13.5. The van der Waals surface area contributed by atoms with Crippen molar-refractivity contribution in [1.29, 1.82) is 0 Å². The smallest absolute Gasteiger partial charge is 0.167 e. The number of hydrogen-bond donors (Lipinski definition) is 1. The summed E-state index contributed by atoms with van der Waals surface area (Å²) in [6, 6.07) is 10.4. The average molecular weight is 345 g/mol. The van der Waals surface area contributed by atoms with Gasteiger partial charge in [-0.3, -0.25) is 0 Å². The highest BCUT2D eigenvalue weighted by molar-refractivity contribution is 9.10. The highest BCUT2D eigenvalue weighted by Gasteiger charge is 2.05. The lowest BCUT2D eigenvalue weighted by atomic mass is 10.2. The highest BCUT2D eigenvalue weighted by atomic mass is 79.9. The largest absolute Gasteiger partial charge is 0.494 e. The van der Waals surface area contributed by atoms with Crippen molar-refractivity contribution in [1.82, 2.24) is 0 Å². The van der Waals surface area contributed by atoms with Crippen LogP contribution in [0.15, 0.2) is 40.9 Å². The van der Waals surface area contributed by atoms with Crippen LogP contribution >= 0.6 is 27.5 Å². The third kappa shape index (κ3) is 3.61. The van der Waals surface area contributed by atoms with Crippen LogP contribution in [-0.2, 0) is 6.54 Å². The Hall–Kier alpha value is -1.26. The molecular formula is C14H12BrClFNO. The topological polar surface area (TPSA) is 21.3 Å². The molecule has 0 bridgehead atoms. The molecule has 100 valence electrons. The molecule has 0 spiro atoms. The summed E-state index contributed by atoms with van der Waals surface area (Å²) in [7, 11) is 1.44. The molecule has 1 N–H and O–H groups in total. The van der Waals surface area contributed by atoms with E-state index in [1.54, 1.807) is 12.1 Å². The van der Waals surface area contributed by atoms with Crippen LogP contribution in [0, 0.1) is 5.82 Å².